The van der Waals surface area contributed by atoms with Gasteiger partial charge in [0.15, 0.2) is 0 Å². The lowest BCUT2D eigenvalue weighted by molar-refractivity contribution is 1.12. The Bertz CT molecular complexity index is 1320. The van der Waals surface area contributed by atoms with Gasteiger partial charge < -0.3 is 0 Å². The molecule has 0 radical (unpaired) electrons. The summed E-state index contributed by atoms with van der Waals surface area (Å²) in [7, 11) is 0. The molecule has 3 aromatic carbocycles. The first-order chi connectivity index (χ1) is 12.8. The number of aromatic nitrogens is 3. The predicted molar refractivity (Wildman–Crippen MR) is 114 cm³/mol. The molecule has 0 bridgehead atoms. The van der Waals surface area contributed by atoms with E-state index in [0.717, 1.165) is 16.8 Å². The molecule has 0 saturated carbocycles. The number of imidazole rings is 1. The first-order valence-electron chi connectivity index (χ1n) is 9.34. The standard InChI is InChI=1S/C20H14BN3.C2H6/c1-21-11-12-23-19-14(21)10-9-13-5-4-8-17(18(13)19)24-16-7-3-2-6-15(16)22-20(23)24;1-2/h2-12H,1H3;1-2H3. The normalized spacial score (nSPS) is 13.0. The Morgan fingerprint density at radius 1 is 0.885 bits per heavy atom. The Morgan fingerprint density at radius 3 is 2.58 bits per heavy atom. The highest BCUT2D eigenvalue weighted by molar-refractivity contribution is 6.79. The molecule has 0 spiro atoms. The van der Waals surface area contributed by atoms with Gasteiger partial charge in [-0.2, -0.15) is 0 Å². The molecule has 4 heteroatoms. The fourth-order valence-electron chi connectivity index (χ4n) is 4.14. The summed E-state index contributed by atoms with van der Waals surface area (Å²) in [5.74, 6) is 3.23. The van der Waals surface area contributed by atoms with Crippen molar-refractivity contribution in [2.45, 2.75) is 20.7 Å². The van der Waals surface area contributed by atoms with Crippen molar-refractivity contribution < 1.29 is 0 Å². The second-order valence-corrected chi connectivity index (χ2v) is 6.61. The maximum Gasteiger partial charge on any atom is 0.220 e. The molecular weight excluding hydrogens is 317 g/mol. The van der Waals surface area contributed by atoms with Crippen LogP contribution in [-0.4, -0.2) is 20.7 Å². The van der Waals surface area contributed by atoms with Crippen LogP contribution in [0, 0.1) is 0 Å². The molecule has 3 heterocycles. The van der Waals surface area contributed by atoms with E-state index in [-0.39, 0.29) is 0 Å². The largest absolute Gasteiger partial charge is 0.288 e. The van der Waals surface area contributed by atoms with Gasteiger partial charge in [0.05, 0.1) is 22.1 Å². The van der Waals surface area contributed by atoms with Crippen molar-refractivity contribution in [3.05, 3.63) is 60.6 Å². The summed E-state index contributed by atoms with van der Waals surface area (Å²) in [6.07, 6.45) is 2.18. The molecule has 0 atom stereocenters. The van der Waals surface area contributed by atoms with Gasteiger partial charge in [0.25, 0.3) is 0 Å². The summed E-state index contributed by atoms with van der Waals surface area (Å²) in [4.78, 5) is 4.93. The van der Waals surface area contributed by atoms with Gasteiger partial charge in [-0.3, -0.25) is 8.97 Å². The first kappa shape index (κ1) is 15.3. The average molecular weight is 337 g/mol. The van der Waals surface area contributed by atoms with E-state index in [1.165, 1.54) is 27.3 Å². The maximum absolute atomic E-state index is 4.93. The van der Waals surface area contributed by atoms with E-state index in [0.29, 0.717) is 6.71 Å². The number of fused-ring (bicyclic) bond motifs is 5. The van der Waals surface area contributed by atoms with E-state index < -0.39 is 0 Å². The van der Waals surface area contributed by atoms with E-state index in [9.17, 15) is 0 Å². The number of hydrogen-bond acceptors (Lipinski definition) is 1. The SMILES string of the molecule is CB1C=Cn2c3c1ccc1cccc(c13)n1c3ccccc3nc21.CC. The lowest BCUT2D eigenvalue weighted by atomic mass is 9.46. The van der Waals surface area contributed by atoms with Crippen LogP contribution < -0.4 is 5.46 Å². The lowest BCUT2D eigenvalue weighted by Gasteiger charge is -2.21. The van der Waals surface area contributed by atoms with Crippen molar-refractivity contribution in [1.29, 1.82) is 0 Å². The van der Waals surface area contributed by atoms with Gasteiger partial charge in [-0.15, -0.1) is 0 Å². The number of hydrogen-bond donors (Lipinski definition) is 0. The summed E-state index contributed by atoms with van der Waals surface area (Å²) < 4.78 is 4.54. The minimum Gasteiger partial charge on any atom is -0.288 e. The second-order valence-electron chi connectivity index (χ2n) is 6.61. The zero-order valence-electron chi connectivity index (χ0n) is 15.3. The topological polar surface area (TPSA) is 22.2 Å². The van der Waals surface area contributed by atoms with Gasteiger partial charge in [0.2, 0.25) is 12.5 Å². The van der Waals surface area contributed by atoms with Crippen LogP contribution in [0.4, 0.5) is 0 Å². The lowest BCUT2D eigenvalue weighted by Crippen LogP contribution is -2.30. The molecule has 3 nitrogen and oxygen atoms in total. The number of para-hydroxylation sites is 2. The third-order valence-corrected chi connectivity index (χ3v) is 5.28. The summed E-state index contributed by atoms with van der Waals surface area (Å²) in [6.45, 7) is 6.68. The molecular formula is C22H20BN3. The quantitative estimate of drug-likeness (QED) is 0.366. The van der Waals surface area contributed by atoms with E-state index in [2.05, 4.69) is 82.6 Å². The molecule has 0 N–H and O–H groups in total. The van der Waals surface area contributed by atoms with Crippen molar-refractivity contribution >= 4 is 57.0 Å². The molecule has 5 aromatic rings. The Morgan fingerprint density at radius 2 is 1.69 bits per heavy atom. The van der Waals surface area contributed by atoms with Crippen LogP contribution in [0.1, 0.15) is 13.8 Å². The Kier molecular flexibility index (Phi) is 3.23. The highest BCUT2D eigenvalue weighted by Gasteiger charge is 2.22. The Hall–Kier alpha value is -3.01. The fourth-order valence-corrected chi connectivity index (χ4v) is 4.14. The van der Waals surface area contributed by atoms with Crippen LogP contribution in [0.15, 0.2) is 60.6 Å². The van der Waals surface area contributed by atoms with E-state index in [1.54, 1.807) is 0 Å². The van der Waals surface area contributed by atoms with Gasteiger partial charge in [-0.25, -0.2) is 4.98 Å². The number of nitrogens with zero attached hydrogens (tertiary/aromatic N) is 3. The summed E-state index contributed by atoms with van der Waals surface area (Å²) in [5.41, 5.74) is 6.08. The van der Waals surface area contributed by atoms with Gasteiger partial charge in [-0.1, -0.05) is 68.5 Å². The molecule has 1 aliphatic heterocycles. The zero-order valence-corrected chi connectivity index (χ0v) is 15.3. The highest BCUT2D eigenvalue weighted by atomic mass is 15.2. The van der Waals surface area contributed by atoms with Gasteiger partial charge in [-0.05, 0) is 23.6 Å². The Balaban J connectivity index is 0.000000727. The number of rotatable bonds is 0. The summed E-state index contributed by atoms with van der Waals surface area (Å²) in [6, 6.07) is 19.4. The second kappa shape index (κ2) is 5.50. The van der Waals surface area contributed by atoms with Crippen molar-refractivity contribution in [3.8, 4) is 0 Å². The average Bonchev–Trinajstić information content (AvgIpc) is 3.09. The van der Waals surface area contributed by atoms with Crippen LogP contribution in [0.25, 0.3) is 44.8 Å². The smallest absolute Gasteiger partial charge is 0.220 e. The molecule has 2 aromatic heterocycles. The van der Waals surface area contributed by atoms with Gasteiger partial charge in [0, 0.05) is 11.6 Å². The van der Waals surface area contributed by atoms with Crippen LogP contribution in [0.5, 0.6) is 0 Å². The fraction of sp³-hybridized carbons (Fsp3) is 0.136. The van der Waals surface area contributed by atoms with Gasteiger partial charge >= 0.3 is 0 Å². The molecule has 0 unspecified atom stereocenters. The molecule has 6 rings (SSSR count). The van der Waals surface area contributed by atoms with Crippen LogP contribution in [-0.2, 0) is 0 Å². The minimum atomic E-state index is 0.421. The van der Waals surface area contributed by atoms with Crippen molar-refractivity contribution in [2.75, 3.05) is 0 Å². The van der Waals surface area contributed by atoms with Crippen molar-refractivity contribution in [3.63, 3.8) is 0 Å². The molecule has 126 valence electrons. The van der Waals surface area contributed by atoms with Crippen molar-refractivity contribution in [1.82, 2.24) is 14.0 Å². The molecule has 0 saturated heterocycles. The zero-order chi connectivity index (χ0) is 17.8. The minimum absolute atomic E-state index is 0.421. The van der Waals surface area contributed by atoms with E-state index in [4.69, 9.17) is 4.98 Å². The molecule has 1 aliphatic rings. The van der Waals surface area contributed by atoms with E-state index >= 15 is 0 Å². The third-order valence-electron chi connectivity index (χ3n) is 5.28. The third kappa shape index (κ3) is 1.82. The van der Waals surface area contributed by atoms with Gasteiger partial charge in [0.1, 0.15) is 0 Å². The maximum atomic E-state index is 4.93. The number of benzene rings is 3. The highest BCUT2D eigenvalue weighted by Crippen LogP contribution is 2.32. The van der Waals surface area contributed by atoms with E-state index in [1.807, 2.05) is 13.8 Å². The predicted octanol–water partition coefficient (Wildman–Crippen LogP) is 4.98. The van der Waals surface area contributed by atoms with Crippen LogP contribution in [0.3, 0.4) is 0 Å². The molecule has 26 heavy (non-hydrogen) atoms. The molecule has 0 amide bonds. The Labute approximate surface area is 152 Å². The molecule has 0 aliphatic carbocycles. The monoisotopic (exact) mass is 337 g/mol. The van der Waals surface area contributed by atoms with Crippen LogP contribution in [0.2, 0.25) is 6.82 Å². The summed E-state index contributed by atoms with van der Waals surface area (Å²) >= 11 is 0. The molecule has 0 fully saturated rings. The summed E-state index contributed by atoms with van der Waals surface area (Å²) in [5, 5.41) is 2.60. The van der Waals surface area contributed by atoms with Crippen molar-refractivity contribution in [2.24, 2.45) is 0 Å². The van der Waals surface area contributed by atoms with Crippen LogP contribution >= 0.6 is 0 Å². The first-order valence-corrected chi connectivity index (χ1v) is 9.34.